The second-order valence-corrected chi connectivity index (χ2v) is 7.00. The molecule has 0 radical (unpaired) electrons. The molecular weight excluding hydrogens is 370 g/mol. The zero-order valence-corrected chi connectivity index (χ0v) is 16.5. The van der Waals surface area contributed by atoms with Crippen LogP contribution in [0, 0.1) is 0 Å². The van der Waals surface area contributed by atoms with Crippen LogP contribution in [0.3, 0.4) is 0 Å². The van der Waals surface area contributed by atoms with Gasteiger partial charge in [0.1, 0.15) is 29.4 Å². The van der Waals surface area contributed by atoms with Crippen molar-refractivity contribution in [3.63, 3.8) is 0 Å². The molecule has 0 spiro atoms. The Bertz CT molecular complexity index is 1210. The van der Waals surface area contributed by atoms with Crippen molar-refractivity contribution in [2.75, 3.05) is 7.11 Å². The zero-order valence-electron chi connectivity index (χ0n) is 16.5. The predicted molar refractivity (Wildman–Crippen MR) is 109 cm³/mol. The van der Waals surface area contributed by atoms with Crippen molar-refractivity contribution in [1.82, 2.24) is 5.16 Å². The molecule has 0 saturated heterocycles. The third-order valence-corrected chi connectivity index (χ3v) is 4.69. The molecule has 0 N–H and O–H groups in total. The first-order chi connectivity index (χ1) is 14.0. The van der Waals surface area contributed by atoms with Gasteiger partial charge in [0, 0.05) is 29.1 Å². The average molecular weight is 391 g/mol. The molecule has 0 atom stereocenters. The van der Waals surface area contributed by atoms with Crippen molar-refractivity contribution < 1.29 is 18.4 Å². The Morgan fingerprint density at radius 1 is 1.07 bits per heavy atom. The lowest BCUT2D eigenvalue weighted by atomic mass is 10.00. The maximum absolute atomic E-state index is 11.8. The summed E-state index contributed by atoms with van der Waals surface area (Å²) in [6.07, 6.45) is 0. The third-order valence-electron chi connectivity index (χ3n) is 4.69. The monoisotopic (exact) mass is 391 g/mol. The molecule has 6 heteroatoms. The van der Waals surface area contributed by atoms with Gasteiger partial charge in [-0.15, -0.1) is 0 Å². The minimum absolute atomic E-state index is 0.196. The van der Waals surface area contributed by atoms with Crippen molar-refractivity contribution in [1.29, 1.82) is 0 Å². The zero-order chi connectivity index (χ0) is 20.4. The highest BCUT2D eigenvalue weighted by Crippen LogP contribution is 2.30. The van der Waals surface area contributed by atoms with Gasteiger partial charge in [0.05, 0.1) is 7.11 Å². The molecule has 0 fully saturated rings. The van der Waals surface area contributed by atoms with Gasteiger partial charge in [-0.05, 0) is 35.7 Å². The van der Waals surface area contributed by atoms with Crippen LogP contribution in [0.15, 0.2) is 68.3 Å². The van der Waals surface area contributed by atoms with Crippen LogP contribution in [-0.4, -0.2) is 12.3 Å². The van der Waals surface area contributed by atoms with Crippen LogP contribution in [0.2, 0.25) is 0 Å². The van der Waals surface area contributed by atoms with Crippen LogP contribution in [-0.2, 0) is 6.61 Å². The van der Waals surface area contributed by atoms with E-state index in [2.05, 4.69) is 5.16 Å². The van der Waals surface area contributed by atoms with E-state index >= 15 is 0 Å². The number of nitrogens with zero attached hydrogens (tertiary/aromatic N) is 1. The lowest BCUT2D eigenvalue weighted by molar-refractivity contribution is 0.249. The van der Waals surface area contributed by atoms with Crippen molar-refractivity contribution in [2.24, 2.45) is 0 Å². The van der Waals surface area contributed by atoms with Gasteiger partial charge in [-0.2, -0.15) is 0 Å². The van der Waals surface area contributed by atoms with Crippen LogP contribution in [0.5, 0.6) is 11.5 Å². The van der Waals surface area contributed by atoms with E-state index < -0.39 is 0 Å². The Labute approximate surface area is 167 Å². The Kier molecular flexibility index (Phi) is 5.08. The molecule has 4 rings (SSSR count). The summed E-state index contributed by atoms with van der Waals surface area (Å²) in [5.74, 6) is 2.09. The number of hydrogen-bond donors (Lipinski definition) is 0. The van der Waals surface area contributed by atoms with Crippen LogP contribution >= 0.6 is 0 Å². The van der Waals surface area contributed by atoms with Crippen LogP contribution in [0.1, 0.15) is 31.1 Å². The number of methoxy groups -OCH3 is 1. The van der Waals surface area contributed by atoms with Gasteiger partial charge in [0.2, 0.25) is 0 Å². The molecule has 2 aromatic carbocycles. The fourth-order valence-corrected chi connectivity index (χ4v) is 3.25. The van der Waals surface area contributed by atoms with E-state index in [1.807, 2.05) is 56.3 Å². The fraction of sp³-hybridized carbons (Fsp3) is 0.217. The second kappa shape index (κ2) is 7.83. The number of fused-ring (bicyclic) bond motifs is 1. The largest absolute Gasteiger partial charge is 0.496 e. The summed E-state index contributed by atoms with van der Waals surface area (Å²) in [4.78, 5) is 11.8. The van der Waals surface area contributed by atoms with Crippen LogP contribution < -0.4 is 15.1 Å². The van der Waals surface area contributed by atoms with E-state index in [4.69, 9.17) is 18.4 Å². The molecule has 29 heavy (non-hydrogen) atoms. The summed E-state index contributed by atoms with van der Waals surface area (Å²) in [5.41, 5.74) is 2.62. The molecule has 0 unspecified atom stereocenters. The molecule has 0 aliphatic heterocycles. The minimum Gasteiger partial charge on any atom is -0.496 e. The Morgan fingerprint density at radius 2 is 1.90 bits per heavy atom. The first-order valence-electron chi connectivity index (χ1n) is 9.34. The summed E-state index contributed by atoms with van der Waals surface area (Å²) >= 11 is 0. The number of para-hydroxylation sites is 1. The molecular formula is C23H21NO5. The molecule has 2 heterocycles. The molecule has 0 amide bonds. The van der Waals surface area contributed by atoms with Gasteiger partial charge in [-0.25, -0.2) is 4.79 Å². The Hall–Kier alpha value is -3.54. The topological polar surface area (TPSA) is 74.7 Å². The lowest BCUT2D eigenvalue weighted by Gasteiger charge is -2.10. The van der Waals surface area contributed by atoms with E-state index in [1.54, 1.807) is 19.2 Å². The Balaban J connectivity index is 1.55. The highest BCUT2D eigenvalue weighted by Gasteiger charge is 2.13. The summed E-state index contributed by atoms with van der Waals surface area (Å²) < 4.78 is 21.9. The molecule has 6 nitrogen and oxygen atoms in total. The van der Waals surface area contributed by atoms with E-state index in [9.17, 15) is 4.79 Å². The van der Waals surface area contributed by atoms with Gasteiger partial charge in [0.15, 0.2) is 5.76 Å². The quantitative estimate of drug-likeness (QED) is 0.423. The van der Waals surface area contributed by atoms with Crippen LogP contribution in [0.25, 0.3) is 22.2 Å². The molecule has 4 aromatic rings. The van der Waals surface area contributed by atoms with Crippen molar-refractivity contribution >= 4 is 11.0 Å². The summed E-state index contributed by atoms with van der Waals surface area (Å²) in [5, 5.41) is 5.01. The summed E-state index contributed by atoms with van der Waals surface area (Å²) in [7, 11) is 1.62. The van der Waals surface area contributed by atoms with Gasteiger partial charge in [-0.3, -0.25) is 0 Å². The number of hydrogen-bond acceptors (Lipinski definition) is 6. The maximum Gasteiger partial charge on any atom is 0.336 e. The Morgan fingerprint density at radius 3 is 2.69 bits per heavy atom. The van der Waals surface area contributed by atoms with Crippen LogP contribution in [0.4, 0.5) is 0 Å². The van der Waals surface area contributed by atoms with E-state index in [0.29, 0.717) is 22.8 Å². The number of ether oxygens (including phenoxy) is 2. The van der Waals surface area contributed by atoms with Gasteiger partial charge >= 0.3 is 5.63 Å². The predicted octanol–water partition coefficient (Wildman–Crippen LogP) is 5.16. The summed E-state index contributed by atoms with van der Waals surface area (Å²) in [6, 6.07) is 16.4. The van der Waals surface area contributed by atoms with E-state index in [1.165, 1.54) is 0 Å². The second-order valence-electron chi connectivity index (χ2n) is 7.00. The van der Waals surface area contributed by atoms with Gasteiger partial charge in [0.25, 0.3) is 0 Å². The number of rotatable bonds is 6. The summed E-state index contributed by atoms with van der Waals surface area (Å²) in [6.45, 7) is 4.28. The minimum atomic E-state index is -0.366. The first kappa shape index (κ1) is 18.8. The number of aromatic nitrogens is 1. The molecule has 0 aliphatic rings. The number of benzene rings is 2. The average Bonchev–Trinajstić information content (AvgIpc) is 3.20. The SMILES string of the molecule is COc1ccccc1-c1cc(COc2ccc3c(C(C)C)cc(=O)oc3c2)on1. The van der Waals surface area contributed by atoms with E-state index in [0.717, 1.165) is 22.3 Å². The molecule has 0 bridgehead atoms. The van der Waals surface area contributed by atoms with Gasteiger partial charge in [-0.1, -0.05) is 31.1 Å². The molecule has 0 saturated carbocycles. The first-order valence-corrected chi connectivity index (χ1v) is 9.34. The normalized spacial score (nSPS) is 11.2. The van der Waals surface area contributed by atoms with E-state index in [-0.39, 0.29) is 18.2 Å². The smallest absolute Gasteiger partial charge is 0.336 e. The highest BCUT2D eigenvalue weighted by atomic mass is 16.5. The third kappa shape index (κ3) is 3.87. The van der Waals surface area contributed by atoms with Gasteiger partial charge < -0.3 is 18.4 Å². The van der Waals surface area contributed by atoms with Crippen molar-refractivity contribution in [3.8, 4) is 22.8 Å². The molecule has 148 valence electrons. The fourth-order valence-electron chi connectivity index (χ4n) is 3.25. The van der Waals surface area contributed by atoms with Crippen molar-refractivity contribution in [2.45, 2.75) is 26.4 Å². The lowest BCUT2D eigenvalue weighted by Crippen LogP contribution is -2.02. The molecule has 0 aliphatic carbocycles. The maximum atomic E-state index is 11.8. The highest BCUT2D eigenvalue weighted by molar-refractivity contribution is 5.82. The van der Waals surface area contributed by atoms with Crippen molar-refractivity contribution in [3.05, 3.63) is 76.3 Å². The molecule has 2 aromatic heterocycles. The standard InChI is InChI=1S/C23H21NO5/c1-14(2)19-12-23(25)28-22-11-15(8-9-17(19)22)27-13-16-10-20(24-29-16)18-6-4-5-7-21(18)26-3/h4-12,14H,13H2,1-3H3.